The van der Waals surface area contributed by atoms with Crippen molar-refractivity contribution in [1.29, 1.82) is 0 Å². The van der Waals surface area contributed by atoms with Crippen molar-refractivity contribution in [2.24, 2.45) is 0 Å². The molecule has 4 heteroatoms. The van der Waals surface area contributed by atoms with Crippen LogP contribution >= 0.6 is 22.9 Å². The lowest BCUT2D eigenvalue weighted by molar-refractivity contribution is 0.477. The Labute approximate surface area is 114 Å². The molecule has 0 fully saturated rings. The molecule has 2 aromatic heterocycles. The minimum Gasteiger partial charge on any atom is -0.465 e. The van der Waals surface area contributed by atoms with E-state index < -0.39 is 0 Å². The largest absolute Gasteiger partial charge is 0.465 e. The molecule has 3 aromatic rings. The Morgan fingerprint density at radius 2 is 2.11 bits per heavy atom. The van der Waals surface area contributed by atoms with Crippen molar-refractivity contribution >= 4 is 33.2 Å². The first-order valence-corrected chi connectivity index (χ1v) is 7.02. The Hall–Kier alpha value is -1.32. The van der Waals surface area contributed by atoms with Gasteiger partial charge in [-0.1, -0.05) is 12.1 Å². The summed E-state index contributed by atoms with van der Waals surface area (Å²) in [5.74, 6) is 1.70. The van der Waals surface area contributed by atoms with Gasteiger partial charge in [0.2, 0.25) is 0 Å². The molecule has 2 nitrogen and oxygen atoms in total. The fourth-order valence-corrected chi connectivity index (χ4v) is 3.25. The normalized spacial score (nSPS) is 13.0. The average molecular weight is 278 g/mol. The first-order valence-electron chi connectivity index (χ1n) is 5.77. The number of aryl methyl sites for hydroxylation is 1. The summed E-state index contributed by atoms with van der Waals surface area (Å²) in [6.45, 7) is 1.92. The van der Waals surface area contributed by atoms with E-state index in [1.807, 2.05) is 37.3 Å². The van der Waals surface area contributed by atoms with Gasteiger partial charge in [-0.15, -0.1) is 22.9 Å². The van der Waals surface area contributed by atoms with Gasteiger partial charge in [-0.05, 0) is 31.2 Å². The molecule has 1 atom stereocenters. The van der Waals surface area contributed by atoms with Crippen molar-refractivity contribution in [3.63, 3.8) is 0 Å². The van der Waals surface area contributed by atoms with Crippen LogP contribution in [0.2, 0.25) is 0 Å². The van der Waals surface area contributed by atoms with Crippen molar-refractivity contribution in [2.45, 2.75) is 18.7 Å². The molecule has 18 heavy (non-hydrogen) atoms. The van der Waals surface area contributed by atoms with Crippen molar-refractivity contribution in [2.75, 3.05) is 0 Å². The predicted octanol–water partition coefficient (Wildman–Crippen LogP) is 4.72. The van der Waals surface area contributed by atoms with Gasteiger partial charge >= 0.3 is 0 Å². The van der Waals surface area contributed by atoms with Crippen LogP contribution in [0.4, 0.5) is 0 Å². The summed E-state index contributed by atoms with van der Waals surface area (Å²) in [5.41, 5.74) is 1.04. The van der Waals surface area contributed by atoms with E-state index in [0.29, 0.717) is 6.42 Å². The highest BCUT2D eigenvalue weighted by Gasteiger charge is 2.15. The number of aromatic nitrogens is 1. The maximum atomic E-state index is 6.35. The Balaban J connectivity index is 1.83. The molecule has 1 aromatic carbocycles. The summed E-state index contributed by atoms with van der Waals surface area (Å²) in [5, 5.41) is 0.893. The Morgan fingerprint density at radius 3 is 2.83 bits per heavy atom. The molecular formula is C14H12ClNOS. The van der Waals surface area contributed by atoms with Crippen LogP contribution in [0.1, 0.15) is 21.9 Å². The monoisotopic (exact) mass is 277 g/mol. The Bertz CT molecular complexity index is 640. The van der Waals surface area contributed by atoms with E-state index in [0.717, 1.165) is 22.0 Å². The van der Waals surface area contributed by atoms with Crippen LogP contribution in [0.3, 0.4) is 0 Å². The molecule has 1 unspecified atom stereocenters. The van der Waals surface area contributed by atoms with Gasteiger partial charge in [0.05, 0.1) is 20.6 Å². The Kier molecular flexibility index (Phi) is 3.10. The molecule has 0 radical (unpaired) electrons. The highest BCUT2D eigenvalue weighted by atomic mass is 35.5. The van der Waals surface area contributed by atoms with Gasteiger partial charge < -0.3 is 4.42 Å². The highest BCUT2D eigenvalue weighted by Crippen LogP contribution is 2.30. The quantitative estimate of drug-likeness (QED) is 0.648. The number of thiazole rings is 1. The van der Waals surface area contributed by atoms with Gasteiger partial charge in [0.15, 0.2) is 0 Å². The summed E-state index contributed by atoms with van der Waals surface area (Å²) >= 11 is 8.04. The average Bonchev–Trinajstić information content (AvgIpc) is 2.94. The molecule has 0 aliphatic rings. The summed E-state index contributed by atoms with van der Waals surface area (Å²) in [7, 11) is 0. The van der Waals surface area contributed by atoms with Crippen LogP contribution in [0.15, 0.2) is 40.8 Å². The number of hydrogen-bond donors (Lipinski definition) is 0. The van der Waals surface area contributed by atoms with Crippen molar-refractivity contribution < 1.29 is 4.42 Å². The maximum absolute atomic E-state index is 6.35. The van der Waals surface area contributed by atoms with E-state index in [2.05, 4.69) is 11.1 Å². The second-order valence-corrected chi connectivity index (χ2v) is 5.84. The number of furan rings is 1. The van der Waals surface area contributed by atoms with Crippen LogP contribution in [0, 0.1) is 6.92 Å². The lowest BCUT2D eigenvalue weighted by atomic mass is 10.2. The van der Waals surface area contributed by atoms with Gasteiger partial charge in [-0.25, -0.2) is 4.98 Å². The topological polar surface area (TPSA) is 26.0 Å². The molecule has 2 heterocycles. The highest BCUT2D eigenvalue weighted by molar-refractivity contribution is 7.18. The number of para-hydroxylation sites is 1. The molecule has 0 amide bonds. The van der Waals surface area contributed by atoms with E-state index in [4.69, 9.17) is 16.0 Å². The van der Waals surface area contributed by atoms with Crippen molar-refractivity contribution in [1.82, 2.24) is 4.98 Å². The molecule has 0 spiro atoms. The van der Waals surface area contributed by atoms with E-state index in [9.17, 15) is 0 Å². The number of nitrogens with zero attached hydrogens (tertiary/aromatic N) is 1. The molecule has 3 rings (SSSR count). The van der Waals surface area contributed by atoms with Gasteiger partial charge in [-0.2, -0.15) is 0 Å². The first kappa shape index (κ1) is 11.8. The molecule has 0 N–H and O–H groups in total. The van der Waals surface area contributed by atoms with E-state index in [1.165, 1.54) is 4.70 Å². The second-order valence-electron chi connectivity index (χ2n) is 4.20. The number of rotatable bonds is 3. The summed E-state index contributed by atoms with van der Waals surface area (Å²) in [6, 6.07) is 12.0. The minimum absolute atomic E-state index is 0.153. The zero-order valence-electron chi connectivity index (χ0n) is 9.89. The van der Waals surface area contributed by atoms with Gasteiger partial charge in [0, 0.05) is 6.42 Å². The van der Waals surface area contributed by atoms with Crippen LogP contribution in [-0.2, 0) is 6.42 Å². The fraction of sp³-hybridized carbons (Fsp3) is 0.214. The third kappa shape index (κ3) is 2.28. The zero-order valence-corrected chi connectivity index (χ0v) is 11.5. The molecule has 0 bridgehead atoms. The predicted molar refractivity (Wildman–Crippen MR) is 75.4 cm³/mol. The van der Waals surface area contributed by atoms with E-state index >= 15 is 0 Å². The number of fused-ring (bicyclic) bond motifs is 1. The standard InChI is InChI=1S/C14H12ClNOS/c1-9-6-7-12(17-9)10(15)8-14-16-11-4-2-3-5-13(11)18-14/h2-7,10H,8H2,1H3. The SMILES string of the molecule is Cc1ccc(C(Cl)Cc2nc3ccccc3s2)o1. The summed E-state index contributed by atoms with van der Waals surface area (Å²) < 4.78 is 6.74. The number of hydrogen-bond acceptors (Lipinski definition) is 3. The zero-order chi connectivity index (χ0) is 12.5. The molecule has 92 valence electrons. The maximum Gasteiger partial charge on any atom is 0.122 e. The minimum atomic E-state index is -0.153. The second kappa shape index (κ2) is 4.75. The Morgan fingerprint density at radius 1 is 1.28 bits per heavy atom. The number of benzene rings is 1. The molecule has 0 aliphatic heterocycles. The van der Waals surface area contributed by atoms with Crippen LogP contribution in [0.25, 0.3) is 10.2 Å². The fourth-order valence-electron chi connectivity index (χ4n) is 1.88. The molecule has 0 saturated heterocycles. The van der Waals surface area contributed by atoms with Crippen LogP contribution in [0.5, 0.6) is 0 Å². The molecule has 0 aliphatic carbocycles. The van der Waals surface area contributed by atoms with Crippen LogP contribution in [-0.4, -0.2) is 4.98 Å². The third-order valence-electron chi connectivity index (χ3n) is 2.76. The summed E-state index contributed by atoms with van der Waals surface area (Å²) in [6.07, 6.45) is 0.702. The van der Waals surface area contributed by atoms with Gasteiger partial charge in [-0.3, -0.25) is 0 Å². The van der Waals surface area contributed by atoms with Crippen molar-refractivity contribution in [3.8, 4) is 0 Å². The van der Waals surface area contributed by atoms with Crippen LogP contribution < -0.4 is 0 Å². The van der Waals surface area contributed by atoms with E-state index in [-0.39, 0.29) is 5.38 Å². The molecular weight excluding hydrogens is 266 g/mol. The lowest BCUT2D eigenvalue weighted by Gasteiger charge is -2.02. The van der Waals surface area contributed by atoms with Crippen molar-refractivity contribution in [3.05, 3.63) is 52.9 Å². The van der Waals surface area contributed by atoms with Gasteiger partial charge in [0.25, 0.3) is 0 Å². The number of halogens is 1. The smallest absolute Gasteiger partial charge is 0.122 e. The lowest BCUT2D eigenvalue weighted by Crippen LogP contribution is -1.93. The number of alkyl halides is 1. The first-order chi connectivity index (χ1) is 8.72. The third-order valence-corrected chi connectivity index (χ3v) is 4.19. The summed E-state index contributed by atoms with van der Waals surface area (Å²) in [4.78, 5) is 4.58. The molecule has 0 saturated carbocycles. The van der Waals surface area contributed by atoms with Gasteiger partial charge in [0.1, 0.15) is 11.5 Å². The van der Waals surface area contributed by atoms with E-state index in [1.54, 1.807) is 11.3 Å².